The number of hydrogen-bond acceptors (Lipinski definition) is 2. The predicted octanol–water partition coefficient (Wildman–Crippen LogP) is -5.89. The van der Waals surface area contributed by atoms with Crippen molar-refractivity contribution < 1.29 is 89.7 Å². The van der Waals surface area contributed by atoms with Crippen LogP contribution >= 0.6 is 0 Å². The van der Waals surface area contributed by atoms with Crippen molar-refractivity contribution >= 4 is 5.97 Å². The number of hydrogen-bond donors (Lipinski definition) is 0. The third kappa shape index (κ3) is 106. The van der Waals surface area contributed by atoms with Crippen molar-refractivity contribution in [2.75, 3.05) is 0 Å². The summed E-state index contributed by atoms with van der Waals surface area (Å²) in [6.07, 6.45) is 0. The predicted molar refractivity (Wildman–Crippen MR) is 17.9 cm³/mol. The van der Waals surface area contributed by atoms with E-state index in [1.165, 1.54) is 0 Å². The number of rotatable bonds is 0. The van der Waals surface area contributed by atoms with Crippen LogP contribution in [-0.4, -0.2) is 16.9 Å². The van der Waals surface area contributed by atoms with Crippen LogP contribution in [0.1, 0.15) is 6.92 Å². The summed E-state index contributed by atoms with van der Waals surface area (Å²) in [5, 5.41) is 8.89. The molecule has 0 aromatic rings. The van der Waals surface area contributed by atoms with Crippen LogP contribution < -0.4 is 74.0 Å². The summed E-state index contributed by atoms with van der Waals surface area (Å²) >= 11 is 0. The first-order valence-corrected chi connectivity index (χ1v) is 0.908. The van der Waals surface area contributed by atoms with E-state index in [-0.39, 0.29) is 79.8 Å². The second-order valence-corrected chi connectivity index (χ2v) is 0.492. The molecule has 0 aliphatic heterocycles. The minimum absolute atomic E-state index is 0. The first kappa shape index (κ1) is 23.7. The molecule has 0 rings (SSSR count). The van der Waals surface area contributed by atoms with Gasteiger partial charge in [0.05, 0.1) is 0 Å². The molecule has 0 saturated heterocycles. The summed E-state index contributed by atoms with van der Waals surface area (Å²) in [6, 6.07) is 0. The molecule has 40 valence electrons. The van der Waals surface area contributed by atoms with E-state index in [1.807, 2.05) is 0 Å². The van der Waals surface area contributed by atoms with Crippen LogP contribution in [0.5, 0.6) is 0 Å². The van der Waals surface area contributed by atoms with Crippen LogP contribution in [0.2, 0.25) is 0 Å². The quantitative estimate of drug-likeness (QED) is 0.412. The summed E-state index contributed by atoms with van der Waals surface area (Å²) in [5.41, 5.74) is 0. The summed E-state index contributed by atoms with van der Waals surface area (Å²) in [4.78, 5) is 8.89. The number of carbonyl (C=O) groups excluding carboxylic acids is 1. The van der Waals surface area contributed by atoms with Gasteiger partial charge < -0.3 is 20.9 Å². The molecule has 0 aliphatic rings. The van der Waals surface area contributed by atoms with E-state index in [4.69, 9.17) is 9.90 Å². The Bertz CT molecular complexity index is 32.7. The SMILES string of the molecule is CC(=O)[O-].O.O.[Cs+]. The maximum Gasteiger partial charge on any atom is 1.00 e. The summed E-state index contributed by atoms with van der Waals surface area (Å²) in [5.74, 6) is -1.08. The minimum atomic E-state index is -1.08. The summed E-state index contributed by atoms with van der Waals surface area (Å²) in [7, 11) is 0. The second-order valence-electron chi connectivity index (χ2n) is 0.492. The van der Waals surface area contributed by atoms with Crippen LogP contribution in [0.4, 0.5) is 0 Å². The van der Waals surface area contributed by atoms with E-state index in [1.54, 1.807) is 0 Å². The smallest absolute Gasteiger partial charge is 0.550 e. The molecular formula is C2H7CsO4. The zero-order chi connectivity index (χ0) is 3.58. The number of aliphatic carboxylic acids is 1. The molecule has 0 atom stereocenters. The summed E-state index contributed by atoms with van der Waals surface area (Å²) in [6.45, 7) is 0.972. The molecule has 0 radical (unpaired) electrons. The average Bonchev–Trinajstić information content (AvgIpc) is 0.811. The molecule has 4 N–H and O–H groups in total. The van der Waals surface area contributed by atoms with Crippen molar-refractivity contribution in [2.24, 2.45) is 0 Å². The zero-order valence-corrected chi connectivity index (χ0v) is 10.6. The fraction of sp³-hybridized carbons (Fsp3) is 0.500. The van der Waals surface area contributed by atoms with Gasteiger partial charge in [-0.05, 0) is 6.92 Å². The van der Waals surface area contributed by atoms with Crippen molar-refractivity contribution in [2.45, 2.75) is 6.92 Å². The molecule has 0 aliphatic carbocycles. The molecule has 0 amide bonds. The van der Waals surface area contributed by atoms with E-state index < -0.39 is 5.97 Å². The molecule has 5 heteroatoms. The van der Waals surface area contributed by atoms with Crippen LogP contribution in [0, 0.1) is 0 Å². The second kappa shape index (κ2) is 15.7. The van der Waals surface area contributed by atoms with Gasteiger partial charge in [-0.2, -0.15) is 0 Å². The van der Waals surface area contributed by atoms with Gasteiger partial charge in [-0.3, -0.25) is 0 Å². The molecule has 4 nitrogen and oxygen atoms in total. The van der Waals surface area contributed by atoms with Gasteiger partial charge in [0.2, 0.25) is 0 Å². The molecule has 0 unspecified atom stereocenters. The third-order valence-electron chi connectivity index (χ3n) is 0. The average molecular weight is 228 g/mol. The van der Waals surface area contributed by atoms with Crippen LogP contribution in [0.3, 0.4) is 0 Å². The first-order chi connectivity index (χ1) is 1.73. The normalized spacial score (nSPS) is 3.57. The zero-order valence-electron chi connectivity index (χ0n) is 4.32. The van der Waals surface area contributed by atoms with Crippen LogP contribution in [0.25, 0.3) is 0 Å². The topological polar surface area (TPSA) is 103 Å². The molecule has 7 heavy (non-hydrogen) atoms. The van der Waals surface area contributed by atoms with Gasteiger partial charge in [0.1, 0.15) is 0 Å². The monoisotopic (exact) mass is 228 g/mol. The molecule has 0 fully saturated rings. The molecule has 0 aromatic heterocycles. The largest absolute Gasteiger partial charge is 1.00 e. The molecule has 0 saturated carbocycles. The van der Waals surface area contributed by atoms with E-state index in [0.717, 1.165) is 6.92 Å². The van der Waals surface area contributed by atoms with Gasteiger partial charge in [-0.25, -0.2) is 0 Å². The fourth-order valence-corrected chi connectivity index (χ4v) is 0. The van der Waals surface area contributed by atoms with Crippen molar-refractivity contribution in [1.82, 2.24) is 0 Å². The van der Waals surface area contributed by atoms with E-state index in [2.05, 4.69) is 0 Å². The Morgan fingerprint density at radius 3 is 1.43 bits per heavy atom. The van der Waals surface area contributed by atoms with Gasteiger partial charge in [0, 0.05) is 5.97 Å². The number of carbonyl (C=O) groups is 1. The van der Waals surface area contributed by atoms with E-state index in [9.17, 15) is 0 Å². The maximum atomic E-state index is 8.89. The van der Waals surface area contributed by atoms with Crippen molar-refractivity contribution in [3.8, 4) is 0 Å². The van der Waals surface area contributed by atoms with E-state index >= 15 is 0 Å². The minimum Gasteiger partial charge on any atom is -0.550 e. The number of carboxylic acid groups (broad SMARTS) is 1. The standard InChI is InChI=1S/C2H4O2.Cs.2H2O/c1-2(3)4;;;/h1H3,(H,3,4);;2*1H2/q;+1;;/p-1. The van der Waals surface area contributed by atoms with Crippen molar-refractivity contribution in [3.05, 3.63) is 0 Å². The molecular weight excluding hydrogens is 221 g/mol. The molecule has 0 bridgehead atoms. The van der Waals surface area contributed by atoms with Gasteiger partial charge in [0.15, 0.2) is 0 Å². The summed E-state index contributed by atoms with van der Waals surface area (Å²) < 4.78 is 0. The van der Waals surface area contributed by atoms with E-state index in [0.29, 0.717) is 0 Å². The Kier molecular flexibility index (Phi) is 53.0. The van der Waals surface area contributed by atoms with Crippen molar-refractivity contribution in [1.29, 1.82) is 0 Å². The van der Waals surface area contributed by atoms with Crippen LogP contribution in [0.15, 0.2) is 0 Å². The van der Waals surface area contributed by atoms with Gasteiger partial charge >= 0.3 is 68.9 Å². The van der Waals surface area contributed by atoms with Gasteiger partial charge in [-0.15, -0.1) is 0 Å². The van der Waals surface area contributed by atoms with Crippen LogP contribution in [-0.2, 0) is 4.79 Å². The Morgan fingerprint density at radius 1 is 1.43 bits per heavy atom. The Labute approximate surface area is 100 Å². The molecule has 0 heterocycles. The third-order valence-corrected chi connectivity index (χ3v) is 0. The molecule has 0 spiro atoms. The fourth-order valence-electron chi connectivity index (χ4n) is 0. The Balaban J connectivity index is -0.0000000150. The molecule has 0 aromatic carbocycles. The van der Waals surface area contributed by atoms with Crippen molar-refractivity contribution in [3.63, 3.8) is 0 Å². The first-order valence-electron chi connectivity index (χ1n) is 0.908. The van der Waals surface area contributed by atoms with Gasteiger partial charge in [-0.1, -0.05) is 0 Å². The Morgan fingerprint density at radius 2 is 1.43 bits per heavy atom. The number of carboxylic acids is 1. The maximum absolute atomic E-state index is 8.89. The van der Waals surface area contributed by atoms with Gasteiger partial charge in [0.25, 0.3) is 0 Å². The Hall–Kier alpha value is 1.44.